The van der Waals surface area contributed by atoms with Crippen molar-refractivity contribution in [2.24, 2.45) is 5.92 Å². The fourth-order valence-corrected chi connectivity index (χ4v) is 3.38. The van der Waals surface area contributed by atoms with Crippen LogP contribution < -0.4 is 14.8 Å². The molecule has 0 aliphatic heterocycles. The number of amides is 1. The normalized spacial score (nSPS) is 11.6. The minimum Gasteiger partial charge on any atom is -0.496 e. The molecule has 1 unspecified atom stereocenters. The highest BCUT2D eigenvalue weighted by molar-refractivity contribution is 7.14. The maximum atomic E-state index is 12.3. The maximum Gasteiger partial charge on any atom is 0.308 e. The molecule has 1 aromatic carbocycles. The van der Waals surface area contributed by atoms with Gasteiger partial charge in [0, 0.05) is 11.4 Å². The van der Waals surface area contributed by atoms with E-state index in [1.165, 1.54) is 18.4 Å². The SMILES string of the molecule is COc1ccccc1CC(CNC(=O)c1sc(C)cc1OC)C(=O)O. The summed E-state index contributed by atoms with van der Waals surface area (Å²) < 4.78 is 10.4. The monoisotopic (exact) mass is 363 g/mol. The van der Waals surface area contributed by atoms with Crippen LogP contribution in [0.15, 0.2) is 30.3 Å². The van der Waals surface area contributed by atoms with Crippen LogP contribution in [0.1, 0.15) is 20.1 Å². The molecule has 2 aromatic rings. The Morgan fingerprint density at radius 2 is 1.88 bits per heavy atom. The Morgan fingerprint density at radius 1 is 1.20 bits per heavy atom. The van der Waals surface area contributed by atoms with Crippen LogP contribution in [-0.2, 0) is 11.2 Å². The fraction of sp³-hybridized carbons (Fsp3) is 0.333. The molecule has 0 aliphatic rings. The number of aryl methyl sites for hydroxylation is 1. The highest BCUT2D eigenvalue weighted by atomic mass is 32.1. The number of para-hydroxylation sites is 1. The number of benzene rings is 1. The summed E-state index contributed by atoms with van der Waals surface area (Å²) >= 11 is 1.31. The third-order valence-corrected chi connectivity index (χ3v) is 4.79. The standard InChI is InChI=1S/C18H21NO5S/c1-11-8-15(24-3)16(25-11)17(20)19-10-13(18(21)22)9-12-6-4-5-7-14(12)23-2/h4-8,13H,9-10H2,1-3H3,(H,19,20)(H,21,22). The van der Waals surface area contributed by atoms with Crippen LogP contribution in [0.25, 0.3) is 0 Å². The second-order valence-corrected chi connectivity index (χ2v) is 6.77. The molecule has 0 bridgehead atoms. The molecule has 2 N–H and O–H groups in total. The van der Waals surface area contributed by atoms with E-state index in [1.807, 2.05) is 25.1 Å². The number of hydrogen-bond donors (Lipinski definition) is 2. The molecule has 25 heavy (non-hydrogen) atoms. The van der Waals surface area contributed by atoms with Crippen LogP contribution in [0.3, 0.4) is 0 Å². The van der Waals surface area contributed by atoms with Gasteiger partial charge < -0.3 is 19.9 Å². The summed E-state index contributed by atoms with van der Waals surface area (Å²) in [4.78, 5) is 25.3. The molecule has 0 aliphatic carbocycles. The third-order valence-electron chi connectivity index (χ3n) is 3.76. The average molecular weight is 363 g/mol. The molecule has 7 heteroatoms. The number of nitrogens with one attached hydrogen (secondary N) is 1. The summed E-state index contributed by atoms with van der Waals surface area (Å²) in [5.74, 6) is -0.929. The lowest BCUT2D eigenvalue weighted by Crippen LogP contribution is -2.34. The Hall–Kier alpha value is -2.54. The molecule has 0 spiro atoms. The number of carbonyl (C=O) groups is 2. The summed E-state index contributed by atoms with van der Waals surface area (Å²) in [7, 11) is 3.04. The van der Waals surface area contributed by atoms with E-state index in [9.17, 15) is 14.7 Å². The summed E-state index contributed by atoms with van der Waals surface area (Å²) in [6.45, 7) is 1.90. The topological polar surface area (TPSA) is 84.9 Å². The van der Waals surface area contributed by atoms with Crippen molar-refractivity contribution >= 4 is 23.2 Å². The van der Waals surface area contributed by atoms with Crippen molar-refractivity contribution in [3.63, 3.8) is 0 Å². The number of aliphatic carboxylic acids is 1. The predicted octanol–water partition coefficient (Wildman–Crippen LogP) is 2.75. The second-order valence-electron chi connectivity index (χ2n) is 5.52. The Labute approximate surface area is 150 Å². The van der Waals surface area contributed by atoms with E-state index >= 15 is 0 Å². The van der Waals surface area contributed by atoms with Crippen LogP contribution in [0, 0.1) is 12.8 Å². The van der Waals surface area contributed by atoms with E-state index < -0.39 is 11.9 Å². The van der Waals surface area contributed by atoms with E-state index in [0.717, 1.165) is 10.4 Å². The van der Waals surface area contributed by atoms with Gasteiger partial charge in [-0.15, -0.1) is 11.3 Å². The minimum atomic E-state index is -0.972. The minimum absolute atomic E-state index is 0.0202. The molecule has 0 saturated heterocycles. The average Bonchev–Trinajstić information content (AvgIpc) is 2.99. The van der Waals surface area contributed by atoms with Crippen molar-refractivity contribution in [1.82, 2.24) is 5.32 Å². The molecule has 1 aromatic heterocycles. The zero-order chi connectivity index (χ0) is 18.4. The quantitative estimate of drug-likeness (QED) is 0.753. The van der Waals surface area contributed by atoms with Gasteiger partial charge in [0.05, 0.1) is 20.1 Å². The van der Waals surface area contributed by atoms with Gasteiger partial charge in [-0.25, -0.2) is 0 Å². The lowest BCUT2D eigenvalue weighted by Gasteiger charge is -2.15. The molecular weight excluding hydrogens is 342 g/mol. The van der Waals surface area contributed by atoms with Crippen LogP contribution in [0.5, 0.6) is 11.5 Å². The number of rotatable bonds is 8. The van der Waals surface area contributed by atoms with Crippen LogP contribution in [0.4, 0.5) is 0 Å². The molecule has 2 rings (SSSR count). The largest absolute Gasteiger partial charge is 0.496 e. The van der Waals surface area contributed by atoms with Crippen molar-refractivity contribution in [1.29, 1.82) is 0 Å². The molecule has 134 valence electrons. The summed E-state index contributed by atoms with van der Waals surface area (Å²) in [6, 6.07) is 9.04. The number of carboxylic acids is 1. The highest BCUT2D eigenvalue weighted by Crippen LogP contribution is 2.28. The molecule has 0 radical (unpaired) electrons. The predicted molar refractivity (Wildman–Crippen MR) is 95.8 cm³/mol. The van der Waals surface area contributed by atoms with Gasteiger partial charge in [-0.3, -0.25) is 9.59 Å². The fourth-order valence-electron chi connectivity index (χ4n) is 2.48. The van der Waals surface area contributed by atoms with E-state index in [-0.39, 0.29) is 18.9 Å². The van der Waals surface area contributed by atoms with Crippen molar-refractivity contribution in [2.75, 3.05) is 20.8 Å². The molecule has 1 atom stereocenters. The Kier molecular flexibility index (Phi) is 6.41. The second kappa shape index (κ2) is 8.53. The summed E-state index contributed by atoms with van der Waals surface area (Å²) in [6.07, 6.45) is 0.264. The number of carbonyl (C=O) groups excluding carboxylic acids is 1. The van der Waals surface area contributed by atoms with E-state index in [0.29, 0.717) is 16.4 Å². The zero-order valence-electron chi connectivity index (χ0n) is 14.4. The van der Waals surface area contributed by atoms with Gasteiger partial charge in [0.1, 0.15) is 16.4 Å². The zero-order valence-corrected chi connectivity index (χ0v) is 15.2. The lowest BCUT2D eigenvalue weighted by atomic mass is 9.98. The van der Waals surface area contributed by atoms with E-state index in [1.54, 1.807) is 19.2 Å². The molecule has 6 nitrogen and oxygen atoms in total. The van der Waals surface area contributed by atoms with E-state index in [4.69, 9.17) is 9.47 Å². The maximum absolute atomic E-state index is 12.3. The van der Waals surface area contributed by atoms with Gasteiger partial charge >= 0.3 is 5.97 Å². The number of hydrogen-bond acceptors (Lipinski definition) is 5. The smallest absolute Gasteiger partial charge is 0.308 e. The van der Waals surface area contributed by atoms with Crippen LogP contribution >= 0.6 is 11.3 Å². The summed E-state index contributed by atoms with van der Waals surface area (Å²) in [5.41, 5.74) is 0.788. The highest BCUT2D eigenvalue weighted by Gasteiger charge is 2.22. The number of ether oxygens (including phenoxy) is 2. The third kappa shape index (κ3) is 4.73. The first-order chi connectivity index (χ1) is 12.0. The van der Waals surface area contributed by atoms with Gasteiger partial charge in [0.15, 0.2) is 0 Å². The van der Waals surface area contributed by atoms with Crippen molar-refractivity contribution < 1.29 is 24.2 Å². The van der Waals surface area contributed by atoms with Crippen LogP contribution in [-0.4, -0.2) is 37.7 Å². The van der Waals surface area contributed by atoms with Gasteiger partial charge in [0.2, 0.25) is 0 Å². The van der Waals surface area contributed by atoms with Crippen molar-refractivity contribution in [3.05, 3.63) is 45.6 Å². The summed E-state index contributed by atoms with van der Waals surface area (Å²) in [5, 5.41) is 12.2. The number of methoxy groups -OCH3 is 2. The number of thiophene rings is 1. The van der Waals surface area contributed by atoms with Gasteiger partial charge in [-0.05, 0) is 31.0 Å². The van der Waals surface area contributed by atoms with E-state index in [2.05, 4.69) is 5.32 Å². The lowest BCUT2D eigenvalue weighted by molar-refractivity contribution is -0.141. The molecule has 0 saturated carbocycles. The van der Waals surface area contributed by atoms with Gasteiger partial charge in [-0.2, -0.15) is 0 Å². The van der Waals surface area contributed by atoms with Crippen molar-refractivity contribution in [2.45, 2.75) is 13.3 Å². The van der Waals surface area contributed by atoms with Crippen molar-refractivity contribution in [3.8, 4) is 11.5 Å². The Bertz CT molecular complexity index is 756. The van der Waals surface area contributed by atoms with Gasteiger partial charge in [0.25, 0.3) is 5.91 Å². The molecule has 0 fully saturated rings. The van der Waals surface area contributed by atoms with Gasteiger partial charge in [-0.1, -0.05) is 18.2 Å². The first-order valence-electron chi connectivity index (χ1n) is 7.73. The molecular formula is C18H21NO5S. The first kappa shape index (κ1) is 18.8. The molecule has 1 amide bonds. The Balaban J connectivity index is 2.07. The Morgan fingerprint density at radius 3 is 2.52 bits per heavy atom. The molecule has 1 heterocycles. The van der Waals surface area contributed by atoms with Crippen LogP contribution in [0.2, 0.25) is 0 Å². The number of carboxylic acid groups (broad SMARTS) is 1. The first-order valence-corrected chi connectivity index (χ1v) is 8.55.